The summed E-state index contributed by atoms with van der Waals surface area (Å²) in [6, 6.07) is 0. The molecule has 0 fully saturated rings. The average Bonchev–Trinajstić information content (AvgIpc) is 2.12. The Kier molecular flexibility index (Phi) is 4.78. The van der Waals surface area contributed by atoms with Gasteiger partial charge in [-0.25, -0.2) is 0 Å². The molecule has 0 radical (unpaired) electrons. The van der Waals surface area contributed by atoms with Crippen molar-refractivity contribution in [1.29, 1.82) is 0 Å². The second-order valence-electron chi connectivity index (χ2n) is 2.45. The molecule has 0 atom stereocenters. The molecule has 0 aromatic rings. The minimum atomic E-state index is 1.03. The first-order valence-electron chi connectivity index (χ1n) is 3.96. The molecule has 64 valence electrons. The third kappa shape index (κ3) is 2.39. The van der Waals surface area contributed by atoms with Crippen LogP contribution in [0, 0.1) is 0 Å². The van der Waals surface area contributed by atoms with E-state index in [1.54, 1.807) is 12.2 Å². The second kappa shape index (κ2) is 5.36. The van der Waals surface area contributed by atoms with Crippen molar-refractivity contribution < 1.29 is 0 Å². The van der Waals surface area contributed by atoms with Gasteiger partial charge in [-0.3, -0.25) is 0 Å². The fourth-order valence-corrected chi connectivity index (χ4v) is 0.965. The van der Waals surface area contributed by atoms with Crippen LogP contribution in [0.25, 0.3) is 0 Å². The Bertz CT molecular complexity index is 239. The molecule has 0 bridgehead atoms. The van der Waals surface area contributed by atoms with Crippen molar-refractivity contribution in [2.75, 3.05) is 0 Å². The van der Waals surface area contributed by atoms with Gasteiger partial charge in [-0.2, -0.15) is 0 Å². The lowest BCUT2D eigenvalue weighted by Gasteiger charge is -2.04. The van der Waals surface area contributed by atoms with Gasteiger partial charge in [0, 0.05) is 0 Å². The Morgan fingerprint density at radius 3 is 1.75 bits per heavy atom. The topological polar surface area (TPSA) is 0 Å². The van der Waals surface area contributed by atoms with Crippen LogP contribution in [0.15, 0.2) is 60.8 Å². The van der Waals surface area contributed by atoms with Crippen molar-refractivity contribution in [2.45, 2.75) is 13.8 Å². The summed E-state index contributed by atoms with van der Waals surface area (Å²) in [5, 5.41) is 0. The summed E-state index contributed by atoms with van der Waals surface area (Å²) in [6.45, 7) is 15.2. The van der Waals surface area contributed by atoms with Gasteiger partial charge in [-0.1, -0.05) is 44.0 Å². The molecule has 0 amide bonds. The molecule has 12 heavy (non-hydrogen) atoms. The Morgan fingerprint density at radius 1 is 1.00 bits per heavy atom. The summed E-state index contributed by atoms with van der Waals surface area (Å²) < 4.78 is 0. The Hall–Kier alpha value is -1.30. The molecule has 0 aromatic carbocycles. The predicted octanol–water partition coefficient (Wildman–Crippen LogP) is 3.81. The van der Waals surface area contributed by atoms with E-state index in [0.717, 1.165) is 11.1 Å². The van der Waals surface area contributed by atoms with Crippen LogP contribution >= 0.6 is 0 Å². The predicted molar refractivity (Wildman–Crippen MR) is 57.0 cm³/mol. The van der Waals surface area contributed by atoms with Crippen molar-refractivity contribution in [3.63, 3.8) is 0 Å². The molecule has 0 rings (SSSR count). The standard InChI is InChI=1S/C12H16/c1-6-10(5)12(9-4)11(7-2)8-3/h6-9H,2-4H2,1,5H3/b10-6-. The van der Waals surface area contributed by atoms with Crippen LogP contribution in [0.2, 0.25) is 0 Å². The van der Waals surface area contributed by atoms with E-state index in [-0.39, 0.29) is 0 Å². The first-order chi connectivity index (χ1) is 5.71. The van der Waals surface area contributed by atoms with Crippen LogP contribution < -0.4 is 0 Å². The second-order valence-corrected chi connectivity index (χ2v) is 2.45. The monoisotopic (exact) mass is 160 g/mol. The fraction of sp³-hybridized carbons (Fsp3) is 0.167. The highest BCUT2D eigenvalue weighted by Gasteiger charge is 1.97. The summed E-state index contributed by atoms with van der Waals surface area (Å²) in [4.78, 5) is 0. The van der Waals surface area contributed by atoms with E-state index in [4.69, 9.17) is 0 Å². The smallest absolute Gasteiger partial charge is 0.0164 e. The highest BCUT2D eigenvalue weighted by molar-refractivity contribution is 5.48. The Morgan fingerprint density at radius 2 is 1.50 bits per heavy atom. The van der Waals surface area contributed by atoms with Crippen LogP contribution in [0.3, 0.4) is 0 Å². The van der Waals surface area contributed by atoms with Gasteiger partial charge >= 0.3 is 0 Å². The summed E-state index contributed by atoms with van der Waals surface area (Å²) in [5.41, 5.74) is 3.32. The number of rotatable bonds is 4. The lowest BCUT2D eigenvalue weighted by molar-refractivity contribution is 1.37. The van der Waals surface area contributed by atoms with Crippen LogP contribution in [-0.4, -0.2) is 0 Å². The number of hydrogen-bond donors (Lipinski definition) is 0. The van der Waals surface area contributed by atoms with Gasteiger partial charge in [0.2, 0.25) is 0 Å². The van der Waals surface area contributed by atoms with Gasteiger partial charge in [0.15, 0.2) is 0 Å². The zero-order chi connectivity index (χ0) is 9.56. The zero-order valence-corrected chi connectivity index (χ0v) is 7.93. The van der Waals surface area contributed by atoms with Gasteiger partial charge in [-0.15, -0.1) is 0 Å². The first-order valence-corrected chi connectivity index (χ1v) is 3.96. The largest absolute Gasteiger partial charge is 0.0984 e. The molecule has 0 aromatic heterocycles. The molecule has 0 heteroatoms. The summed E-state index contributed by atoms with van der Waals surface area (Å²) >= 11 is 0. The third-order valence-corrected chi connectivity index (χ3v) is 1.81. The van der Waals surface area contributed by atoms with Gasteiger partial charge < -0.3 is 0 Å². The third-order valence-electron chi connectivity index (χ3n) is 1.81. The normalized spacial score (nSPS) is 10.3. The maximum atomic E-state index is 3.75. The van der Waals surface area contributed by atoms with E-state index in [1.807, 2.05) is 26.0 Å². The van der Waals surface area contributed by atoms with Gasteiger partial charge in [0.25, 0.3) is 0 Å². The van der Waals surface area contributed by atoms with E-state index in [0.29, 0.717) is 0 Å². The van der Waals surface area contributed by atoms with Crippen molar-refractivity contribution in [3.05, 3.63) is 60.8 Å². The molecule has 0 saturated heterocycles. The summed E-state index contributed by atoms with van der Waals surface area (Å²) in [7, 11) is 0. The highest BCUT2D eigenvalue weighted by Crippen LogP contribution is 2.16. The van der Waals surface area contributed by atoms with Crippen molar-refractivity contribution >= 4 is 0 Å². The van der Waals surface area contributed by atoms with E-state index in [2.05, 4.69) is 19.7 Å². The average molecular weight is 160 g/mol. The summed E-state index contributed by atoms with van der Waals surface area (Å²) in [5.74, 6) is 0. The molecular formula is C12H16. The van der Waals surface area contributed by atoms with Crippen LogP contribution in [0.5, 0.6) is 0 Å². The van der Waals surface area contributed by atoms with Crippen LogP contribution in [0.4, 0.5) is 0 Å². The maximum Gasteiger partial charge on any atom is -0.0164 e. The summed E-state index contributed by atoms with van der Waals surface area (Å²) in [6.07, 6.45) is 7.45. The van der Waals surface area contributed by atoms with Gasteiger partial charge in [-0.05, 0) is 30.6 Å². The highest BCUT2D eigenvalue weighted by atomic mass is 14.0. The minimum absolute atomic E-state index is 1.03. The number of hydrogen-bond acceptors (Lipinski definition) is 0. The SMILES string of the molecule is C=CC(C=C)=C(C=C)/C(C)=C\C. The molecule has 0 aliphatic carbocycles. The molecule has 0 saturated carbocycles. The molecule has 0 nitrogen and oxygen atoms in total. The van der Waals surface area contributed by atoms with Crippen LogP contribution in [-0.2, 0) is 0 Å². The Balaban J connectivity index is 5.22. The lowest BCUT2D eigenvalue weighted by Crippen LogP contribution is -1.85. The molecule has 0 aliphatic rings. The Labute approximate surface area is 75.3 Å². The number of allylic oxidation sites excluding steroid dienone is 7. The van der Waals surface area contributed by atoms with Gasteiger partial charge in [0.1, 0.15) is 0 Å². The van der Waals surface area contributed by atoms with Crippen molar-refractivity contribution in [2.24, 2.45) is 0 Å². The van der Waals surface area contributed by atoms with Crippen molar-refractivity contribution in [3.8, 4) is 0 Å². The zero-order valence-electron chi connectivity index (χ0n) is 7.93. The molecule has 0 spiro atoms. The fourth-order valence-electron chi connectivity index (χ4n) is 0.965. The molecular weight excluding hydrogens is 144 g/mol. The van der Waals surface area contributed by atoms with E-state index in [1.165, 1.54) is 5.57 Å². The van der Waals surface area contributed by atoms with Crippen LogP contribution in [0.1, 0.15) is 13.8 Å². The van der Waals surface area contributed by atoms with Crippen molar-refractivity contribution in [1.82, 2.24) is 0 Å². The molecule has 0 heterocycles. The minimum Gasteiger partial charge on any atom is -0.0984 e. The lowest BCUT2D eigenvalue weighted by atomic mass is 10.0. The first kappa shape index (κ1) is 10.7. The maximum absolute atomic E-state index is 3.75. The molecule has 0 unspecified atom stereocenters. The quantitative estimate of drug-likeness (QED) is 0.549. The molecule has 0 aliphatic heterocycles. The van der Waals surface area contributed by atoms with E-state index >= 15 is 0 Å². The van der Waals surface area contributed by atoms with E-state index < -0.39 is 0 Å². The van der Waals surface area contributed by atoms with E-state index in [9.17, 15) is 0 Å². The van der Waals surface area contributed by atoms with Gasteiger partial charge in [0.05, 0.1) is 0 Å². The molecule has 0 N–H and O–H groups in total.